The van der Waals surface area contributed by atoms with Crippen molar-refractivity contribution in [3.05, 3.63) is 17.0 Å². The Kier molecular flexibility index (Phi) is 5.91. The van der Waals surface area contributed by atoms with Gasteiger partial charge in [0.15, 0.2) is 0 Å². The molecule has 1 saturated carbocycles. The van der Waals surface area contributed by atoms with E-state index in [1.165, 1.54) is 28.5 Å². The van der Waals surface area contributed by atoms with Crippen molar-refractivity contribution in [3.63, 3.8) is 0 Å². The molecule has 1 aromatic heterocycles. The predicted octanol–water partition coefficient (Wildman–Crippen LogP) is 1.97. The normalized spacial score (nSPS) is 20.3. The molecule has 1 aromatic rings. The van der Waals surface area contributed by atoms with Crippen LogP contribution in [-0.2, 0) is 26.1 Å². The van der Waals surface area contributed by atoms with E-state index in [4.69, 9.17) is 4.74 Å². The van der Waals surface area contributed by atoms with Gasteiger partial charge in [0.1, 0.15) is 4.21 Å². The van der Waals surface area contributed by atoms with Gasteiger partial charge in [0, 0.05) is 24.4 Å². The van der Waals surface area contributed by atoms with E-state index in [0.717, 1.165) is 17.7 Å². The highest BCUT2D eigenvalue weighted by atomic mass is 32.2. The largest absolute Gasteiger partial charge is 0.379 e. The highest BCUT2D eigenvalue weighted by molar-refractivity contribution is 7.91. The minimum absolute atomic E-state index is 0.0629. The summed E-state index contributed by atoms with van der Waals surface area (Å²) in [7, 11) is -3.44. The van der Waals surface area contributed by atoms with Crippen LogP contribution in [0, 0.1) is 5.92 Å². The molecule has 0 atom stereocenters. The van der Waals surface area contributed by atoms with Crippen LogP contribution in [0.15, 0.2) is 16.3 Å². The Morgan fingerprint density at radius 2 is 1.96 bits per heavy atom. The van der Waals surface area contributed by atoms with Crippen molar-refractivity contribution in [2.45, 2.75) is 42.9 Å². The summed E-state index contributed by atoms with van der Waals surface area (Å²) < 4.78 is 32.1. The van der Waals surface area contributed by atoms with E-state index in [0.29, 0.717) is 49.4 Å². The second-order valence-electron chi connectivity index (χ2n) is 6.37. The third-order valence-electron chi connectivity index (χ3n) is 4.61. The Labute approximate surface area is 147 Å². The summed E-state index contributed by atoms with van der Waals surface area (Å²) in [5.74, 6) is 0.582. The van der Waals surface area contributed by atoms with Crippen molar-refractivity contribution >= 4 is 27.3 Å². The van der Waals surface area contributed by atoms with Gasteiger partial charge in [0.2, 0.25) is 5.91 Å². The van der Waals surface area contributed by atoms with E-state index in [1.807, 2.05) is 0 Å². The monoisotopic (exact) mass is 372 g/mol. The van der Waals surface area contributed by atoms with Crippen LogP contribution in [0.4, 0.5) is 0 Å². The topological polar surface area (TPSA) is 75.7 Å². The summed E-state index contributed by atoms with van der Waals surface area (Å²) in [4.78, 5) is 12.8. The van der Waals surface area contributed by atoms with Crippen molar-refractivity contribution in [1.82, 2.24) is 9.62 Å². The molecule has 1 saturated heterocycles. The molecule has 8 heteroatoms. The predicted molar refractivity (Wildman–Crippen MR) is 92.3 cm³/mol. The van der Waals surface area contributed by atoms with Crippen LogP contribution >= 0.6 is 11.3 Å². The molecule has 1 N–H and O–H groups in total. The van der Waals surface area contributed by atoms with E-state index in [9.17, 15) is 13.2 Å². The first kappa shape index (κ1) is 17.8. The van der Waals surface area contributed by atoms with E-state index in [1.54, 1.807) is 12.1 Å². The summed E-state index contributed by atoms with van der Waals surface area (Å²) in [5.41, 5.74) is 0. The summed E-state index contributed by atoms with van der Waals surface area (Å²) in [6.07, 6.45) is 5.34. The fraction of sp³-hybridized carbons (Fsp3) is 0.688. The first-order valence-electron chi connectivity index (χ1n) is 8.49. The van der Waals surface area contributed by atoms with Gasteiger partial charge in [0.05, 0.1) is 19.8 Å². The van der Waals surface area contributed by atoms with Crippen LogP contribution in [0.5, 0.6) is 0 Å². The van der Waals surface area contributed by atoms with E-state index in [-0.39, 0.29) is 5.91 Å². The molecule has 24 heavy (non-hydrogen) atoms. The minimum Gasteiger partial charge on any atom is -0.379 e. The molecule has 0 bridgehead atoms. The Balaban J connectivity index is 1.54. The molecule has 2 fully saturated rings. The van der Waals surface area contributed by atoms with Gasteiger partial charge in [-0.1, -0.05) is 12.8 Å². The number of rotatable bonds is 6. The van der Waals surface area contributed by atoms with Crippen LogP contribution in [0.2, 0.25) is 0 Å². The molecule has 2 aliphatic rings. The third-order valence-corrected chi connectivity index (χ3v) is 8.06. The van der Waals surface area contributed by atoms with Gasteiger partial charge in [-0.05, 0) is 30.9 Å². The lowest BCUT2D eigenvalue weighted by Crippen LogP contribution is -2.40. The summed E-state index contributed by atoms with van der Waals surface area (Å²) in [6.45, 7) is 2.07. The molecule has 0 aromatic carbocycles. The zero-order chi connectivity index (χ0) is 17.0. The van der Waals surface area contributed by atoms with Gasteiger partial charge >= 0.3 is 0 Å². The standard InChI is InChI=1S/C16H24N2O4S2/c19-15(11-13-3-1-2-4-13)17-12-14-5-6-16(23-14)24(20,21)18-7-9-22-10-8-18/h5-6,13H,1-4,7-12H2,(H,17,19). The molecular formula is C16H24N2O4S2. The van der Waals surface area contributed by atoms with Crippen molar-refractivity contribution in [1.29, 1.82) is 0 Å². The first-order chi connectivity index (χ1) is 11.6. The van der Waals surface area contributed by atoms with Crippen LogP contribution in [0.3, 0.4) is 0 Å². The minimum atomic E-state index is -3.44. The number of hydrogen-bond acceptors (Lipinski definition) is 5. The van der Waals surface area contributed by atoms with Crippen molar-refractivity contribution in [2.24, 2.45) is 5.92 Å². The lowest BCUT2D eigenvalue weighted by atomic mass is 10.0. The quantitative estimate of drug-likeness (QED) is 0.828. The second kappa shape index (κ2) is 7.95. The maximum absolute atomic E-state index is 12.6. The molecular weight excluding hydrogens is 348 g/mol. The first-order valence-corrected chi connectivity index (χ1v) is 10.7. The molecule has 0 unspecified atom stereocenters. The Hall–Kier alpha value is -0.960. The number of sulfonamides is 1. The molecule has 1 amide bonds. The lowest BCUT2D eigenvalue weighted by Gasteiger charge is -2.25. The highest BCUT2D eigenvalue weighted by Gasteiger charge is 2.27. The van der Waals surface area contributed by atoms with Crippen LogP contribution in [0.1, 0.15) is 37.0 Å². The summed E-state index contributed by atoms with van der Waals surface area (Å²) in [5, 5.41) is 2.91. The fourth-order valence-electron chi connectivity index (χ4n) is 3.24. The Morgan fingerprint density at radius 3 is 2.67 bits per heavy atom. The lowest BCUT2D eigenvalue weighted by molar-refractivity contribution is -0.122. The van der Waals surface area contributed by atoms with Gasteiger partial charge in [-0.15, -0.1) is 11.3 Å². The molecule has 1 aliphatic carbocycles. The van der Waals surface area contributed by atoms with Crippen molar-refractivity contribution < 1.29 is 17.9 Å². The van der Waals surface area contributed by atoms with Crippen molar-refractivity contribution in [2.75, 3.05) is 26.3 Å². The van der Waals surface area contributed by atoms with Crippen LogP contribution in [-0.4, -0.2) is 44.9 Å². The number of nitrogens with one attached hydrogen (secondary N) is 1. The molecule has 1 aliphatic heterocycles. The van der Waals surface area contributed by atoms with Gasteiger partial charge in [-0.25, -0.2) is 8.42 Å². The number of thiophene rings is 1. The number of amides is 1. The molecule has 2 heterocycles. The molecule has 3 rings (SSSR count). The number of hydrogen-bond donors (Lipinski definition) is 1. The smallest absolute Gasteiger partial charge is 0.252 e. The van der Waals surface area contributed by atoms with E-state index in [2.05, 4.69) is 5.32 Å². The highest BCUT2D eigenvalue weighted by Crippen LogP contribution is 2.28. The number of nitrogens with zero attached hydrogens (tertiary/aromatic N) is 1. The number of carbonyl (C=O) groups excluding carboxylic acids is 1. The molecule has 134 valence electrons. The Morgan fingerprint density at radius 1 is 1.25 bits per heavy atom. The van der Waals surface area contributed by atoms with Crippen LogP contribution < -0.4 is 5.32 Å². The molecule has 0 radical (unpaired) electrons. The molecule has 0 spiro atoms. The molecule has 6 nitrogen and oxygen atoms in total. The fourth-order valence-corrected chi connectivity index (χ4v) is 6.10. The second-order valence-corrected chi connectivity index (χ2v) is 9.70. The SMILES string of the molecule is O=C(CC1CCCC1)NCc1ccc(S(=O)(=O)N2CCOCC2)s1. The van der Waals surface area contributed by atoms with Crippen molar-refractivity contribution in [3.8, 4) is 0 Å². The zero-order valence-corrected chi connectivity index (χ0v) is 15.3. The number of ether oxygens (including phenoxy) is 1. The van der Waals surface area contributed by atoms with E-state index >= 15 is 0 Å². The van der Waals surface area contributed by atoms with E-state index < -0.39 is 10.0 Å². The average molecular weight is 373 g/mol. The maximum Gasteiger partial charge on any atom is 0.252 e. The van der Waals surface area contributed by atoms with Gasteiger partial charge in [-0.2, -0.15) is 4.31 Å². The number of carbonyl (C=O) groups is 1. The average Bonchev–Trinajstić information content (AvgIpc) is 3.25. The van der Waals surface area contributed by atoms with Gasteiger partial charge in [-0.3, -0.25) is 4.79 Å². The Bertz CT molecular complexity index is 659. The third kappa shape index (κ3) is 4.36. The number of morpholine rings is 1. The van der Waals surface area contributed by atoms with Gasteiger partial charge < -0.3 is 10.1 Å². The van der Waals surface area contributed by atoms with Gasteiger partial charge in [0.25, 0.3) is 10.0 Å². The zero-order valence-electron chi connectivity index (χ0n) is 13.7. The summed E-state index contributed by atoms with van der Waals surface area (Å²) in [6, 6.07) is 3.42. The summed E-state index contributed by atoms with van der Waals surface area (Å²) >= 11 is 1.23. The van der Waals surface area contributed by atoms with Crippen LogP contribution in [0.25, 0.3) is 0 Å². The maximum atomic E-state index is 12.6.